The van der Waals surface area contributed by atoms with E-state index in [1.165, 1.54) is 23.8 Å². The van der Waals surface area contributed by atoms with Gasteiger partial charge >= 0.3 is 5.97 Å². The molecular formula is C16H17NO3. The molecule has 0 amide bonds. The Kier molecular flexibility index (Phi) is 3.94. The number of aromatic hydroxyl groups is 1. The van der Waals surface area contributed by atoms with Crippen LogP contribution in [0.1, 0.15) is 35.7 Å². The highest BCUT2D eigenvalue weighted by Crippen LogP contribution is 2.23. The Bertz CT molecular complexity index is 618. The van der Waals surface area contributed by atoms with Crippen molar-refractivity contribution in [2.24, 2.45) is 0 Å². The molecule has 0 atom stereocenters. The van der Waals surface area contributed by atoms with Crippen molar-refractivity contribution in [3.05, 3.63) is 53.6 Å². The van der Waals surface area contributed by atoms with Gasteiger partial charge in [-0.2, -0.15) is 0 Å². The zero-order valence-corrected chi connectivity index (χ0v) is 11.5. The predicted molar refractivity (Wildman–Crippen MR) is 78.0 cm³/mol. The van der Waals surface area contributed by atoms with Crippen molar-refractivity contribution in [3.63, 3.8) is 0 Å². The molecule has 2 rings (SSSR count). The molecule has 20 heavy (non-hydrogen) atoms. The molecule has 0 bridgehead atoms. The average Bonchev–Trinajstić information content (AvgIpc) is 2.39. The minimum atomic E-state index is -0.611. The van der Waals surface area contributed by atoms with Crippen molar-refractivity contribution in [2.45, 2.75) is 19.8 Å². The Morgan fingerprint density at radius 3 is 2.35 bits per heavy atom. The third-order valence-corrected chi connectivity index (χ3v) is 3.00. The molecule has 0 aliphatic carbocycles. The molecule has 104 valence electrons. The molecule has 4 heteroatoms. The van der Waals surface area contributed by atoms with Crippen molar-refractivity contribution in [2.75, 3.05) is 5.73 Å². The van der Waals surface area contributed by atoms with Crippen LogP contribution in [0.5, 0.6) is 11.5 Å². The van der Waals surface area contributed by atoms with Gasteiger partial charge in [0.25, 0.3) is 0 Å². The van der Waals surface area contributed by atoms with Gasteiger partial charge in [0.05, 0.1) is 0 Å². The third kappa shape index (κ3) is 3.09. The first-order chi connectivity index (χ1) is 9.47. The Hall–Kier alpha value is -2.49. The Morgan fingerprint density at radius 1 is 1.15 bits per heavy atom. The summed E-state index contributed by atoms with van der Waals surface area (Å²) in [6.45, 7) is 4.18. The highest BCUT2D eigenvalue weighted by atomic mass is 16.5. The van der Waals surface area contributed by atoms with Crippen molar-refractivity contribution in [1.82, 2.24) is 0 Å². The van der Waals surface area contributed by atoms with Gasteiger partial charge < -0.3 is 15.6 Å². The lowest BCUT2D eigenvalue weighted by atomic mass is 10.0. The molecule has 0 saturated carbocycles. The largest absolute Gasteiger partial charge is 0.507 e. The normalized spacial score (nSPS) is 10.6. The van der Waals surface area contributed by atoms with Crippen LogP contribution in [-0.2, 0) is 0 Å². The lowest BCUT2D eigenvalue weighted by Gasteiger charge is -2.08. The van der Waals surface area contributed by atoms with E-state index in [-0.39, 0.29) is 11.3 Å². The van der Waals surface area contributed by atoms with Crippen molar-refractivity contribution < 1.29 is 14.6 Å². The number of anilines is 1. The monoisotopic (exact) mass is 271 g/mol. The summed E-state index contributed by atoms with van der Waals surface area (Å²) in [4.78, 5) is 11.9. The summed E-state index contributed by atoms with van der Waals surface area (Å²) in [6, 6.07) is 11.6. The maximum Gasteiger partial charge on any atom is 0.347 e. The molecule has 4 nitrogen and oxygen atoms in total. The molecular weight excluding hydrogens is 254 g/mol. The molecule has 0 aliphatic rings. The number of ether oxygens (including phenoxy) is 1. The molecule has 0 spiro atoms. The van der Waals surface area contributed by atoms with E-state index >= 15 is 0 Å². The van der Waals surface area contributed by atoms with Crippen molar-refractivity contribution in [1.29, 1.82) is 0 Å². The van der Waals surface area contributed by atoms with Gasteiger partial charge in [-0.05, 0) is 35.7 Å². The number of phenolic OH excluding ortho intramolecular Hbond substituents is 1. The lowest BCUT2D eigenvalue weighted by molar-refractivity contribution is 0.0731. The second-order valence-electron chi connectivity index (χ2n) is 4.89. The highest BCUT2D eigenvalue weighted by Gasteiger charge is 2.13. The molecule has 0 fully saturated rings. The molecule has 0 heterocycles. The summed E-state index contributed by atoms with van der Waals surface area (Å²) in [5, 5.41) is 9.68. The summed E-state index contributed by atoms with van der Waals surface area (Å²) < 4.78 is 5.22. The van der Waals surface area contributed by atoms with Crippen LogP contribution >= 0.6 is 0 Å². The number of nitrogen functional groups attached to an aromatic ring is 1. The van der Waals surface area contributed by atoms with E-state index in [0.29, 0.717) is 17.4 Å². The number of benzene rings is 2. The number of carbonyl (C=O) groups is 1. The fourth-order valence-electron chi connectivity index (χ4n) is 1.80. The molecule has 2 aromatic rings. The number of rotatable bonds is 3. The zero-order chi connectivity index (χ0) is 14.7. The van der Waals surface area contributed by atoms with Gasteiger partial charge in [-0.15, -0.1) is 0 Å². The SMILES string of the molecule is CC(C)c1ccc(OC(=O)c2ccc(N)cc2O)cc1. The number of esters is 1. The van der Waals surface area contributed by atoms with Crippen molar-refractivity contribution >= 4 is 11.7 Å². The van der Waals surface area contributed by atoms with Crippen LogP contribution < -0.4 is 10.5 Å². The van der Waals surface area contributed by atoms with Gasteiger partial charge in [0.1, 0.15) is 17.1 Å². The number of nitrogens with two attached hydrogens (primary N) is 1. The molecule has 0 radical (unpaired) electrons. The van der Waals surface area contributed by atoms with E-state index in [2.05, 4.69) is 13.8 Å². The first kappa shape index (κ1) is 13.9. The van der Waals surface area contributed by atoms with Crippen LogP contribution in [0.25, 0.3) is 0 Å². The summed E-state index contributed by atoms with van der Waals surface area (Å²) in [5.41, 5.74) is 7.16. The molecule has 0 saturated heterocycles. The fraction of sp³-hybridized carbons (Fsp3) is 0.188. The first-order valence-corrected chi connectivity index (χ1v) is 6.38. The fourth-order valence-corrected chi connectivity index (χ4v) is 1.80. The standard InChI is InChI=1S/C16H17NO3/c1-10(2)11-3-6-13(7-4-11)20-16(19)14-8-5-12(17)9-15(14)18/h3-10,18H,17H2,1-2H3. The second-order valence-corrected chi connectivity index (χ2v) is 4.89. The van der Waals surface area contributed by atoms with Crippen LogP contribution in [0, 0.1) is 0 Å². The van der Waals surface area contributed by atoms with Crippen LogP contribution in [0.3, 0.4) is 0 Å². The van der Waals surface area contributed by atoms with Gasteiger partial charge in [0.15, 0.2) is 0 Å². The Labute approximate surface area is 117 Å². The Morgan fingerprint density at radius 2 is 1.80 bits per heavy atom. The van der Waals surface area contributed by atoms with E-state index in [0.717, 1.165) is 0 Å². The smallest absolute Gasteiger partial charge is 0.347 e. The van der Waals surface area contributed by atoms with Crippen LogP contribution in [-0.4, -0.2) is 11.1 Å². The molecule has 0 unspecified atom stereocenters. The summed E-state index contributed by atoms with van der Waals surface area (Å²) in [6.07, 6.45) is 0. The van der Waals surface area contributed by atoms with Gasteiger partial charge in [0, 0.05) is 11.8 Å². The average molecular weight is 271 g/mol. The maximum absolute atomic E-state index is 11.9. The van der Waals surface area contributed by atoms with Gasteiger partial charge in [-0.25, -0.2) is 4.79 Å². The van der Waals surface area contributed by atoms with Gasteiger partial charge in [0.2, 0.25) is 0 Å². The number of hydrogen-bond donors (Lipinski definition) is 2. The predicted octanol–water partition coefficient (Wildman–Crippen LogP) is 3.32. The number of hydrogen-bond acceptors (Lipinski definition) is 4. The van der Waals surface area contributed by atoms with Gasteiger partial charge in [-0.3, -0.25) is 0 Å². The van der Waals surface area contributed by atoms with E-state index in [1.807, 2.05) is 12.1 Å². The zero-order valence-electron chi connectivity index (χ0n) is 11.5. The second kappa shape index (κ2) is 5.65. The molecule has 0 aromatic heterocycles. The van der Waals surface area contributed by atoms with E-state index in [9.17, 15) is 9.90 Å². The topological polar surface area (TPSA) is 72.5 Å². The third-order valence-electron chi connectivity index (χ3n) is 3.00. The minimum absolute atomic E-state index is 0.0899. The minimum Gasteiger partial charge on any atom is -0.507 e. The van der Waals surface area contributed by atoms with Crippen LogP contribution in [0.4, 0.5) is 5.69 Å². The van der Waals surface area contributed by atoms with E-state index in [4.69, 9.17) is 10.5 Å². The van der Waals surface area contributed by atoms with E-state index < -0.39 is 5.97 Å². The quantitative estimate of drug-likeness (QED) is 0.510. The molecule has 2 aromatic carbocycles. The molecule has 0 aliphatic heterocycles. The van der Waals surface area contributed by atoms with Crippen molar-refractivity contribution in [3.8, 4) is 11.5 Å². The van der Waals surface area contributed by atoms with Gasteiger partial charge in [-0.1, -0.05) is 26.0 Å². The first-order valence-electron chi connectivity index (χ1n) is 6.38. The van der Waals surface area contributed by atoms with E-state index in [1.54, 1.807) is 12.1 Å². The summed E-state index contributed by atoms with van der Waals surface area (Å²) in [7, 11) is 0. The van der Waals surface area contributed by atoms with Crippen LogP contribution in [0.2, 0.25) is 0 Å². The summed E-state index contributed by atoms with van der Waals surface area (Å²) in [5.74, 6) is 0.0603. The highest BCUT2D eigenvalue weighted by molar-refractivity contribution is 5.94. The maximum atomic E-state index is 11.9. The number of phenols is 1. The van der Waals surface area contributed by atoms with Crippen LogP contribution in [0.15, 0.2) is 42.5 Å². The lowest BCUT2D eigenvalue weighted by Crippen LogP contribution is -2.09. The molecule has 3 N–H and O–H groups in total. The Balaban J connectivity index is 2.15. The number of carbonyl (C=O) groups excluding carboxylic acids is 1. The summed E-state index contributed by atoms with van der Waals surface area (Å²) >= 11 is 0.